The number of hydrogen-bond acceptors (Lipinski definition) is 9. The van der Waals surface area contributed by atoms with Gasteiger partial charge in [0.05, 0.1) is 44.2 Å². The predicted molar refractivity (Wildman–Crippen MR) is 101 cm³/mol. The summed E-state index contributed by atoms with van der Waals surface area (Å²) in [6.45, 7) is 5.10. The third-order valence-corrected chi connectivity index (χ3v) is 5.62. The van der Waals surface area contributed by atoms with Gasteiger partial charge >= 0.3 is 11.9 Å². The molecule has 2 rings (SSSR count). The van der Waals surface area contributed by atoms with E-state index in [0.29, 0.717) is 12.0 Å². The first kappa shape index (κ1) is 23.8. The fourth-order valence-electron chi connectivity index (χ4n) is 3.52. The molecule has 2 heterocycles. The lowest BCUT2D eigenvalue weighted by Gasteiger charge is -2.38. The Bertz CT molecular complexity index is 603. The van der Waals surface area contributed by atoms with Crippen LogP contribution in [0.4, 0.5) is 0 Å². The zero-order chi connectivity index (χ0) is 21.7. The number of aliphatic hydroxyl groups is 3. The molecule has 0 amide bonds. The van der Waals surface area contributed by atoms with Crippen LogP contribution in [0.15, 0.2) is 11.6 Å². The molecule has 0 aromatic carbocycles. The first-order chi connectivity index (χ1) is 13.6. The highest BCUT2D eigenvalue weighted by atomic mass is 16.6. The molecule has 0 unspecified atom stereocenters. The lowest BCUT2D eigenvalue weighted by atomic mass is 9.85. The molecule has 2 fully saturated rings. The van der Waals surface area contributed by atoms with Gasteiger partial charge in [0.15, 0.2) is 6.61 Å². The van der Waals surface area contributed by atoms with Gasteiger partial charge in [0.25, 0.3) is 0 Å². The number of carbonyl (C=O) groups excluding carboxylic acids is 2. The van der Waals surface area contributed by atoms with Gasteiger partial charge in [0.2, 0.25) is 0 Å². The minimum atomic E-state index is -1.10. The van der Waals surface area contributed by atoms with E-state index in [0.717, 1.165) is 0 Å². The molecule has 9 nitrogen and oxygen atoms in total. The molecule has 29 heavy (non-hydrogen) atoms. The summed E-state index contributed by atoms with van der Waals surface area (Å²) in [6, 6.07) is 0. The van der Waals surface area contributed by atoms with Crippen LogP contribution >= 0.6 is 0 Å². The highest BCUT2D eigenvalue weighted by molar-refractivity contribution is 5.84. The first-order valence-electron chi connectivity index (χ1n) is 9.86. The summed E-state index contributed by atoms with van der Waals surface area (Å²) in [5.41, 5.74) is 0.589. The summed E-state index contributed by atoms with van der Waals surface area (Å²) in [6.07, 6.45) is -1.30. The van der Waals surface area contributed by atoms with Crippen molar-refractivity contribution in [2.75, 3.05) is 20.3 Å². The van der Waals surface area contributed by atoms with E-state index in [1.807, 2.05) is 6.92 Å². The van der Waals surface area contributed by atoms with Crippen LogP contribution in [0.2, 0.25) is 0 Å². The summed E-state index contributed by atoms with van der Waals surface area (Å²) >= 11 is 0. The van der Waals surface area contributed by atoms with Crippen LogP contribution in [0.25, 0.3) is 0 Å². The number of hydrogen-bond donors (Lipinski definition) is 3. The SMILES string of the molecule is COC(=O)COC(=O)C=C(C)C[C@@H]1OC[C@H](C[C@@H]2O[C@H]2[C@@H](C)[C@H](C)O)[C@@H](O)[C@H]1O. The molecular weight excluding hydrogens is 384 g/mol. The average molecular weight is 416 g/mol. The second-order valence-corrected chi connectivity index (χ2v) is 7.97. The molecule has 0 aromatic heterocycles. The molecule has 0 spiro atoms. The van der Waals surface area contributed by atoms with Gasteiger partial charge in [-0.15, -0.1) is 0 Å². The standard InChI is InChI=1S/C20H32O9/c1-10(6-16(22)28-9-17(23)26-4)5-14-19(25)18(24)13(8-27-14)7-15-20(29-15)11(2)12(3)21/h6,11-15,18-21,24-25H,5,7-9H2,1-4H3/t11-,12-,13-,14-,15-,18+,19-,20-/m0/s1. The van der Waals surface area contributed by atoms with Crippen LogP contribution in [0.3, 0.4) is 0 Å². The topological polar surface area (TPSA) is 135 Å². The normalized spacial score (nSPS) is 34.2. The number of ether oxygens (including phenoxy) is 4. The zero-order valence-corrected chi connectivity index (χ0v) is 17.3. The van der Waals surface area contributed by atoms with Crippen LogP contribution in [0, 0.1) is 11.8 Å². The maximum atomic E-state index is 11.7. The second-order valence-electron chi connectivity index (χ2n) is 7.97. The molecule has 3 N–H and O–H groups in total. The fourth-order valence-corrected chi connectivity index (χ4v) is 3.52. The summed E-state index contributed by atoms with van der Waals surface area (Å²) < 4.78 is 20.5. The number of esters is 2. The van der Waals surface area contributed by atoms with Gasteiger partial charge in [-0.05, 0) is 26.7 Å². The maximum Gasteiger partial charge on any atom is 0.344 e. The minimum absolute atomic E-state index is 0.00560. The monoisotopic (exact) mass is 416 g/mol. The van der Waals surface area contributed by atoms with E-state index in [-0.39, 0.29) is 37.1 Å². The van der Waals surface area contributed by atoms with E-state index in [9.17, 15) is 24.9 Å². The molecule has 2 aliphatic heterocycles. The maximum absolute atomic E-state index is 11.7. The highest BCUT2D eigenvalue weighted by Crippen LogP contribution is 2.38. The van der Waals surface area contributed by atoms with E-state index in [1.165, 1.54) is 13.2 Å². The van der Waals surface area contributed by atoms with E-state index >= 15 is 0 Å². The van der Waals surface area contributed by atoms with E-state index in [2.05, 4.69) is 4.74 Å². The summed E-state index contributed by atoms with van der Waals surface area (Å²) in [5.74, 6) is -1.62. The Hall–Kier alpha value is -1.52. The molecule has 0 aromatic rings. The number of methoxy groups -OCH3 is 1. The smallest absolute Gasteiger partial charge is 0.344 e. The Morgan fingerprint density at radius 2 is 1.90 bits per heavy atom. The van der Waals surface area contributed by atoms with Gasteiger partial charge < -0.3 is 34.3 Å². The minimum Gasteiger partial charge on any atom is -0.466 e. The van der Waals surface area contributed by atoms with Gasteiger partial charge in [-0.2, -0.15) is 0 Å². The van der Waals surface area contributed by atoms with Crippen molar-refractivity contribution in [2.45, 2.75) is 70.2 Å². The van der Waals surface area contributed by atoms with Gasteiger partial charge in [0, 0.05) is 17.9 Å². The molecule has 0 aliphatic carbocycles. The average Bonchev–Trinajstić information content (AvgIpc) is 3.44. The van der Waals surface area contributed by atoms with Gasteiger partial charge in [0.1, 0.15) is 6.10 Å². The van der Waals surface area contributed by atoms with Crippen LogP contribution in [0.1, 0.15) is 33.6 Å². The van der Waals surface area contributed by atoms with Crippen LogP contribution < -0.4 is 0 Å². The van der Waals surface area contributed by atoms with Crippen molar-refractivity contribution >= 4 is 11.9 Å². The lowest BCUT2D eigenvalue weighted by molar-refractivity contribution is -0.165. The zero-order valence-electron chi connectivity index (χ0n) is 17.3. The number of aliphatic hydroxyl groups excluding tert-OH is 3. The Morgan fingerprint density at radius 1 is 1.21 bits per heavy atom. The Morgan fingerprint density at radius 3 is 2.52 bits per heavy atom. The highest BCUT2D eigenvalue weighted by Gasteiger charge is 2.48. The Kier molecular flexibility index (Phi) is 8.59. The van der Waals surface area contributed by atoms with Crippen molar-refractivity contribution < 1.29 is 43.9 Å². The molecular formula is C20H32O9. The van der Waals surface area contributed by atoms with Crippen molar-refractivity contribution in [1.29, 1.82) is 0 Å². The Labute approximate surface area is 170 Å². The second kappa shape index (κ2) is 10.5. The molecule has 0 radical (unpaired) electrons. The van der Waals surface area contributed by atoms with Gasteiger partial charge in [-0.1, -0.05) is 12.5 Å². The van der Waals surface area contributed by atoms with Crippen LogP contribution in [-0.4, -0.2) is 84.2 Å². The number of rotatable bonds is 9. The van der Waals surface area contributed by atoms with Crippen molar-refractivity contribution in [2.24, 2.45) is 11.8 Å². The van der Waals surface area contributed by atoms with Crippen LogP contribution in [0.5, 0.6) is 0 Å². The van der Waals surface area contributed by atoms with Gasteiger partial charge in [-0.3, -0.25) is 0 Å². The quantitative estimate of drug-likeness (QED) is 0.268. The summed E-state index contributed by atoms with van der Waals surface area (Å²) in [7, 11) is 1.20. The van der Waals surface area contributed by atoms with Crippen molar-refractivity contribution in [1.82, 2.24) is 0 Å². The predicted octanol–water partition coefficient (Wildman–Crippen LogP) is -0.0498. The first-order valence-corrected chi connectivity index (χ1v) is 9.86. The molecule has 8 atom stereocenters. The summed E-state index contributed by atoms with van der Waals surface area (Å²) in [5, 5.41) is 30.6. The molecule has 9 heteroatoms. The Balaban J connectivity index is 1.80. The van der Waals surface area contributed by atoms with E-state index < -0.39 is 43.0 Å². The van der Waals surface area contributed by atoms with E-state index in [4.69, 9.17) is 14.2 Å². The van der Waals surface area contributed by atoms with Crippen molar-refractivity contribution in [3.8, 4) is 0 Å². The molecule has 2 saturated heterocycles. The number of epoxide rings is 1. The third-order valence-electron chi connectivity index (χ3n) is 5.62. The van der Waals surface area contributed by atoms with Crippen LogP contribution in [-0.2, 0) is 28.5 Å². The molecule has 2 aliphatic rings. The van der Waals surface area contributed by atoms with Crippen molar-refractivity contribution in [3.63, 3.8) is 0 Å². The molecule has 0 saturated carbocycles. The third kappa shape index (κ3) is 6.75. The largest absolute Gasteiger partial charge is 0.466 e. The summed E-state index contributed by atoms with van der Waals surface area (Å²) in [4.78, 5) is 22.7. The molecule has 166 valence electrons. The van der Waals surface area contributed by atoms with Crippen molar-refractivity contribution in [3.05, 3.63) is 11.6 Å². The number of carbonyl (C=O) groups is 2. The lowest BCUT2D eigenvalue weighted by Crippen LogP contribution is -2.50. The van der Waals surface area contributed by atoms with Gasteiger partial charge in [-0.25, -0.2) is 9.59 Å². The molecule has 0 bridgehead atoms. The van der Waals surface area contributed by atoms with E-state index in [1.54, 1.807) is 13.8 Å². The fraction of sp³-hybridized carbons (Fsp3) is 0.800.